The van der Waals surface area contributed by atoms with Crippen molar-refractivity contribution >= 4 is 0 Å². The fourth-order valence-corrected chi connectivity index (χ4v) is 2.15. The van der Waals surface area contributed by atoms with Gasteiger partial charge in [0, 0.05) is 6.04 Å². The van der Waals surface area contributed by atoms with Crippen LogP contribution in [0.15, 0.2) is 18.2 Å². The van der Waals surface area contributed by atoms with E-state index in [2.05, 4.69) is 32.0 Å². The van der Waals surface area contributed by atoms with Gasteiger partial charge in [0.2, 0.25) is 0 Å². The standard InChI is InChI=1S/C12H17N/c1-8-3-6-11-10(7-8)5-4-9(2)12(11)13/h3,6-7,9,12H,4-5,13H2,1-2H3. The van der Waals surface area contributed by atoms with Gasteiger partial charge in [-0.3, -0.25) is 0 Å². The van der Waals surface area contributed by atoms with Gasteiger partial charge in [0.1, 0.15) is 0 Å². The molecule has 1 aromatic rings. The number of hydrogen-bond acceptors (Lipinski definition) is 1. The molecule has 1 aromatic carbocycles. The fourth-order valence-electron chi connectivity index (χ4n) is 2.15. The highest BCUT2D eigenvalue weighted by molar-refractivity contribution is 5.35. The molecule has 0 amide bonds. The smallest absolute Gasteiger partial charge is 0.0323 e. The molecule has 2 rings (SSSR count). The molecule has 2 N–H and O–H groups in total. The van der Waals surface area contributed by atoms with E-state index in [1.165, 1.54) is 29.5 Å². The highest BCUT2D eigenvalue weighted by atomic mass is 14.7. The van der Waals surface area contributed by atoms with Crippen molar-refractivity contribution in [1.82, 2.24) is 0 Å². The van der Waals surface area contributed by atoms with E-state index in [9.17, 15) is 0 Å². The minimum atomic E-state index is 0.254. The van der Waals surface area contributed by atoms with Crippen LogP contribution in [0, 0.1) is 12.8 Å². The first-order chi connectivity index (χ1) is 6.18. The summed E-state index contributed by atoms with van der Waals surface area (Å²) in [7, 11) is 0. The van der Waals surface area contributed by atoms with E-state index in [1.54, 1.807) is 0 Å². The van der Waals surface area contributed by atoms with Crippen molar-refractivity contribution in [1.29, 1.82) is 0 Å². The lowest BCUT2D eigenvalue weighted by Crippen LogP contribution is -2.25. The van der Waals surface area contributed by atoms with Crippen LogP contribution in [0.3, 0.4) is 0 Å². The molecule has 0 aromatic heterocycles. The van der Waals surface area contributed by atoms with Gasteiger partial charge in [-0.2, -0.15) is 0 Å². The average molecular weight is 175 g/mol. The van der Waals surface area contributed by atoms with Crippen molar-refractivity contribution in [3.63, 3.8) is 0 Å². The number of nitrogens with two attached hydrogens (primary N) is 1. The summed E-state index contributed by atoms with van der Waals surface area (Å²) in [6, 6.07) is 6.90. The van der Waals surface area contributed by atoms with Crippen LogP contribution >= 0.6 is 0 Å². The Bertz CT molecular complexity index is 317. The van der Waals surface area contributed by atoms with Crippen LogP contribution in [0.4, 0.5) is 0 Å². The fraction of sp³-hybridized carbons (Fsp3) is 0.500. The topological polar surface area (TPSA) is 26.0 Å². The molecular weight excluding hydrogens is 158 g/mol. The van der Waals surface area contributed by atoms with Crippen LogP contribution in [-0.2, 0) is 6.42 Å². The Morgan fingerprint density at radius 2 is 2.15 bits per heavy atom. The molecule has 0 heterocycles. The normalized spacial score (nSPS) is 27.0. The molecule has 0 saturated heterocycles. The highest BCUT2D eigenvalue weighted by Crippen LogP contribution is 2.32. The van der Waals surface area contributed by atoms with Gasteiger partial charge in [0.15, 0.2) is 0 Å². The van der Waals surface area contributed by atoms with Gasteiger partial charge in [-0.25, -0.2) is 0 Å². The van der Waals surface area contributed by atoms with Crippen molar-refractivity contribution in [3.8, 4) is 0 Å². The number of hydrogen-bond donors (Lipinski definition) is 1. The maximum Gasteiger partial charge on any atom is 0.0323 e. The van der Waals surface area contributed by atoms with E-state index < -0.39 is 0 Å². The van der Waals surface area contributed by atoms with E-state index in [4.69, 9.17) is 5.73 Å². The molecule has 0 fully saturated rings. The van der Waals surface area contributed by atoms with Gasteiger partial charge in [-0.05, 0) is 36.8 Å². The first-order valence-electron chi connectivity index (χ1n) is 5.03. The van der Waals surface area contributed by atoms with E-state index in [0.717, 1.165) is 0 Å². The van der Waals surface area contributed by atoms with Crippen LogP contribution in [0.1, 0.15) is 36.1 Å². The summed E-state index contributed by atoms with van der Waals surface area (Å²) in [5.41, 5.74) is 10.3. The molecule has 1 nitrogen and oxygen atoms in total. The van der Waals surface area contributed by atoms with E-state index in [0.29, 0.717) is 5.92 Å². The first-order valence-corrected chi connectivity index (χ1v) is 5.03. The maximum atomic E-state index is 6.14. The molecule has 0 spiro atoms. The van der Waals surface area contributed by atoms with Gasteiger partial charge in [0.25, 0.3) is 0 Å². The highest BCUT2D eigenvalue weighted by Gasteiger charge is 2.22. The molecule has 2 atom stereocenters. The molecule has 2 unspecified atom stereocenters. The number of rotatable bonds is 0. The zero-order valence-corrected chi connectivity index (χ0v) is 8.38. The van der Waals surface area contributed by atoms with Crippen molar-refractivity contribution in [2.75, 3.05) is 0 Å². The molecule has 13 heavy (non-hydrogen) atoms. The Labute approximate surface area is 80.0 Å². The van der Waals surface area contributed by atoms with Gasteiger partial charge >= 0.3 is 0 Å². The molecule has 0 radical (unpaired) electrons. The molecule has 0 saturated carbocycles. The molecule has 1 heteroatoms. The predicted molar refractivity (Wildman–Crippen MR) is 55.6 cm³/mol. The molecule has 70 valence electrons. The van der Waals surface area contributed by atoms with Crippen molar-refractivity contribution in [2.24, 2.45) is 11.7 Å². The summed E-state index contributed by atoms with van der Waals surface area (Å²) in [5.74, 6) is 0.634. The predicted octanol–water partition coefficient (Wildman–Crippen LogP) is 2.58. The van der Waals surface area contributed by atoms with Crippen LogP contribution in [0.5, 0.6) is 0 Å². The second-order valence-corrected chi connectivity index (χ2v) is 4.24. The quantitative estimate of drug-likeness (QED) is 0.644. The Hall–Kier alpha value is -0.820. The Kier molecular flexibility index (Phi) is 2.12. The SMILES string of the molecule is Cc1ccc2c(c1)CCC(C)C2N. The van der Waals surface area contributed by atoms with Crippen molar-refractivity contribution < 1.29 is 0 Å². The van der Waals surface area contributed by atoms with Gasteiger partial charge in [-0.1, -0.05) is 30.7 Å². The van der Waals surface area contributed by atoms with E-state index in [-0.39, 0.29) is 6.04 Å². The third kappa shape index (κ3) is 1.49. The summed E-state index contributed by atoms with van der Waals surface area (Å²) in [5, 5.41) is 0. The third-order valence-corrected chi connectivity index (χ3v) is 3.14. The largest absolute Gasteiger partial charge is 0.324 e. The maximum absolute atomic E-state index is 6.14. The number of benzene rings is 1. The zero-order chi connectivity index (χ0) is 9.42. The van der Waals surface area contributed by atoms with Crippen molar-refractivity contribution in [2.45, 2.75) is 32.7 Å². The Morgan fingerprint density at radius 3 is 2.92 bits per heavy atom. The number of fused-ring (bicyclic) bond motifs is 1. The Balaban J connectivity index is 2.44. The summed E-state index contributed by atoms with van der Waals surface area (Å²) in [4.78, 5) is 0. The van der Waals surface area contributed by atoms with E-state index in [1.807, 2.05) is 0 Å². The van der Waals surface area contributed by atoms with Crippen LogP contribution in [0.25, 0.3) is 0 Å². The lowest BCUT2D eigenvalue weighted by atomic mass is 9.81. The molecule has 1 aliphatic rings. The van der Waals surface area contributed by atoms with Crippen LogP contribution < -0.4 is 5.73 Å². The lowest BCUT2D eigenvalue weighted by molar-refractivity contribution is 0.412. The van der Waals surface area contributed by atoms with E-state index >= 15 is 0 Å². The Morgan fingerprint density at radius 1 is 1.38 bits per heavy atom. The first kappa shape index (κ1) is 8.76. The summed E-state index contributed by atoms with van der Waals surface area (Å²) in [6.45, 7) is 4.39. The van der Waals surface area contributed by atoms with Gasteiger partial charge in [0.05, 0.1) is 0 Å². The molecule has 0 bridgehead atoms. The monoisotopic (exact) mass is 175 g/mol. The van der Waals surface area contributed by atoms with Crippen LogP contribution in [0.2, 0.25) is 0 Å². The molecular formula is C12H17N. The zero-order valence-electron chi connectivity index (χ0n) is 8.38. The minimum Gasteiger partial charge on any atom is -0.324 e. The van der Waals surface area contributed by atoms with Crippen molar-refractivity contribution in [3.05, 3.63) is 34.9 Å². The summed E-state index contributed by atoms with van der Waals surface area (Å²) in [6.07, 6.45) is 2.43. The third-order valence-electron chi connectivity index (χ3n) is 3.14. The second-order valence-electron chi connectivity index (χ2n) is 4.24. The number of aryl methyl sites for hydroxylation is 2. The molecule has 1 aliphatic carbocycles. The van der Waals surface area contributed by atoms with Gasteiger partial charge < -0.3 is 5.73 Å². The molecule has 0 aliphatic heterocycles. The second kappa shape index (κ2) is 3.15. The summed E-state index contributed by atoms with van der Waals surface area (Å²) >= 11 is 0. The summed E-state index contributed by atoms with van der Waals surface area (Å²) < 4.78 is 0. The minimum absolute atomic E-state index is 0.254. The van der Waals surface area contributed by atoms with Gasteiger partial charge in [-0.15, -0.1) is 0 Å². The van der Waals surface area contributed by atoms with Crippen LogP contribution in [-0.4, -0.2) is 0 Å². The average Bonchev–Trinajstić information content (AvgIpc) is 2.12. The lowest BCUT2D eigenvalue weighted by Gasteiger charge is -2.28.